The fourth-order valence-electron chi connectivity index (χ4n) is 1.73. The standard InChI is InChI=1S/C16H26N2O2S/c1-5-13(4)21-14-6-7-15(11(2)10-14)18-16(20)17-9-8-12(3)19/h6-7,10,12-13,19H,5,8-9H2,1-4H3,(H2,17,18,20). The quantitative estimate of drug-likeness (QED) is 0.672. The first-order valence-corrected chi connectivity index (χ1v) is 8.30. The highest BCUT2D eigenvalue weighted by Crippen LogP contribution is 2.28. The van der Waals surface area contributed by atoms with Crippen molar-refractivity contribution in [3.8, 4) is 0 Å². The first-order valence-electron chi connectivity index (χ1n) is 7.42. The lowest BCUT2D eigenvalue weighted by molar-refractivity contribution is 0.184. The summed E-state index contributed by atoms with van der Waals surface area (Å²) in [6.45, 7) is 8.55. The van der Waals surface area contributed by atoms with Crippen LogP contribution in [0.1, 0.15) is 39.2 Å². The summed E-state index contributed by atoms with van der Waals surface area (Å²) in [6, 6.07) is 5.84. The summed E-state index contributed by atoms with van der Waals surface area (Å²) in [5, 5.41) is 15.3. The fourth-order valence-corrected chi connectivity index (χ4v) is 2.75. The molecule has 3 N–H and O–H groups in total. The number of amides is 2. The van der Waals surface area contributed by atoms with E-state index < -0.39 is 6.10 Å². The molecule has 4 nitrogen and oxygen atoms in total. The molecule has 2 unspecified atom stereocenters. The Morgan fingerprint density at radius 2 is 2.10 bits per heavy atom. The average molecular weight is 310 g/mol. The average Bonchev–Trinajstić information content (AvgIpc) is 2.41. The zero-order valence-electron chi connectivity index (χ0n) is 13.3. The molecule has 1 aromatic rings. The Kier molecular flexibility index (Phi) is 7.61. The Hall–Kier alpha value is -1.20. The van der Waals surface area contributed by atoms with E-state index in [4.69, 9.17) is 5.11 Å². The predicted octanol–water partition coefficient (Wildman–Crippen LogP) is 3.78. The molecule has 0 bridgehead atoms. The Balaban J connectivity index is 2.54. The summed E-state index contributed by atoms with van der Waals surface area (Å²) in [7, 11) is 0. The third-order valence-corrected chi connectivity index (χ3v) is 4.47. The number of nitrogens with one attached hydrogen (secondary N) is 2. The minimum absolute atomic E-state index is 0.235. The number of carbonyl (C=O) groups excluding carboxylic acids is 1. The van der Waals surface area contributed by atoms with Crippen molar-refractivity contribution in [3.63, 3.8) is 0 Å². The van der Waals surface area contributed by atoms with Crippen molar-refractivity contribution >= 4 is 23.5 Å². The molecule has 21 heavy (non-hydrogen) atoms. The minimum Gasteiger partial charge on any atom is -0.393 e. The summed E-state index contributed by atoms with van der Waals surface area (Å²) in [4.78, 5) is 13.0. The van der Waals surface area contributed by atoms with Gasteiger partial charge in [-0.05, 0) is 50.5 Å². The third kappa shape index (κ3) is 6.87. The number of aliphatic hydroxyl groups is 1. The number of thioether (sulfide) groups is 1. The van der Waals surface area contributed by atoms with E-state index in [0.717, 1.165) is 17.7 Å². The van der Waals surface area contributed by atoms with Gasteiger partial charge in [0.2, 0.25) is 0 Å². The monoisotopic (exact) mass is 310 g/mol. The van der Waals surface area contributed by atoms with Crippen LogP contribution < -0.4 is 10.6 Å². The van der Waals surface area contributed by atoms with Crippen molar-refractivity contribution in [1.82, 2.24) is 5.32 Å². The van der Waals surface area contributed by atoms with E-state index in [1.807, 2.05) is 30.8 Å². The van der Waals surface area contributed by atoms with Gasteiger partial charge in [0.25, 0.3) is 0 Å². The van der Waals surface area contributed by atoms with Gasteiger partial charge in [-0.2, -0.15) is 0 Å². The molecule has 0 aromatic heterocycles. The SMILES string of the molecule is CCC(C)Sc1ccc(NC(=O)NCCC(C)O)c(C)c1. The van der Waals surface area contributed by atoms with Gasteiger partial charge in [0.15, 0.2) is 0 Å². The second kappa shape index (κ2) is 8.95. The van der Waals surface area contributed by atoms with Crippen LogP contribution in [0.15, 0.2) is 23.1 Å². The molecule has 0 aliphatic carbocycles. The first-order chi connectivity index (χ1) is 9.92. The lowest BCUT2D eigenvalue weighted by Gasteiger charge is -2.13. The van der Waals surface area contributed by atoms with Crippen LogP contribution in [0, 0.1) is 6.92 Å². The summed E-state index contributed by atoms with van der Waals surface area (Å²) in [5.74, 6) is 0. The minimum atomic E-state index is -0.399. The van der Waals surface area contributed by atoms with E-state index in [9.17, 15) is 4.79 Å². The maximum Gasteiger partial charge on any atom is 0.319 e. The topological polar surface area (TPSA) is 61.4 Å². The predicted molar refractivity (Wildman–Crippen MR) is 90.1 cm³/mol. The molecule has 5 heteroatoms. The van der Waals surface area contributed by atoms with E-state index in [-0.39, 0.29) is 6.03 Å². The van der Waals surface area contributed by atoms with E-state index in [1.165, 1.54) is 4.90 Å². The van der Waals surface area contributed by atoms with Gasteiger partial charge in [-0.1, -0.05) is 13.8 Å². The Bertz CT molecular complexity index is 464. The van der Waals surface area contributed by atoms with Gasteiger partial charge in [-0.15, -0.1) is 11.8 Å². The maximum absolute atomic E-state index is 11.7. The van der Waals surface area contributed by atoms with E-state index >= 15 is 0 Å². The second-order valence-electron chi connectivity index (χ2n) is 5.33. The van der Waals surface area contributed by atoms with Gasteiger partial charge in [0, 0.05) is 22.4 Å². The summed E-state index contributed by atoms with van der Waals surface area (Å²) < 4.78 is 0. The zero-order valence-corrected chi connectivity index (χ0v) is 14.1. The van der Waals surface area contributed by atoms with Crippen molar-refractivity contribution in [1.29, 1.82) is 0 Å². The third-order valence-electron chi connectivity index (χ3n) is 3.21. The number of aliphatic hydroxyl groups excluding tert-OH is 1. The van der Waals surface area contributed by atoms with E-state index in [0.29, 0.717) is 18.2 Å². The molecule has 118 valence electrons. The highest BCUT2D eigenvalue weighted by molar-refractivity contribution is 7.99. The van der Waals surface area contributed by atoms with E-state index in [1.54, 1.807) is 6.92 Å². The molecule has 2 atom stereocenters. The summed E-state index contributed by atoms with van der Waals surface area (Å²) >= 11 is 1.85. The number of aryl methyl sites for hydroxylation is 1. The number of benzene rings is 1. The van der Waals surface area contributed by atoms with Crippen molar-refractivity contribution in [2.24, 2.45) is 0 Å². The molecular formula is C16H26N2O2S. The molecule has 1 aromatic carbocycles. The maximum atomic E-state index is 11.7. The molecule has 0 heterocycles. The van der Waals surface area contributed by atoms with Gasteiger partial charge in [0.1, 0.15) is 0 Å². The van der Waals surface area contributed by atoms with Crippen molar-refractivity contribution in [2.75, 3.05) is 11.9 Å². The molecule has 0 saturated heterocycles. The molecule has 0 saturated carbocycles. The number of anilines is 1. The zero-order chi connectivity index (χ0) is 15.8. The Labute approximate surface area is 131 Å². The smallest absolute Gasteiger partial charge is 0.319 e. The molecule has 2 amide bonds. The van der Waals surface area contributed by atoms with Crippen LogP contribution in [0.2, 0.25) is 0 Å². The number of urea groups is 1. The van der Waals surface area contributed by atoms with Crippen LogP contribution in [0.5, 0.6) is 0 Å². The second-order valence-corrected chi connectivity index (χ2v) is 6.84. The van der Waals surface area contributed by atoms with Crippen LogP contribution in [-0.4, -0.2) is 29.0 Å². The molecule has 1 rings (SSSR count). The fraction of sp³-hybridized carbons (Fsp3) is 0.562. The first kappa shape index (κ1) is 17.9. The molecule has 0 spiro atoms. The number of hydrogen-bond donors (Lipinski definition) is 3. The largest absolute Gasteiger partial charge is 0.393 e. The van der Waals surface area contributed by atoms with Crippen LogP contribution in [-0.2, 0) is 0 Å². The Morgan fingerprint density at radius 3 is 2.67 bits per heavy atom. The van der Waals surface area contributed by atoms with Gasteiger partial charge < -0.3 is 15.7 Å². The summed E-state index contributed by atoms with van der Waals surface area (Å²) in [6.07, 6.45) is 1.29. The number of carbonyl (C=O) groups is 1. The van der Waals surface area contributed by atoms with Crippen LogP contribution >= 0.6 is 11.8 Å². The van der Waals surface area contributed by atoms with Crippen LogP contribution in [0.25, 0.3) is 0 Å². The van der Waals surface area contributed by atoms with E-state index in [2.05, 4.69) is 30.5 Å². The molecule has 0 aliphatic heterocycles. The van der Waals surface area contributed by atoms with Crippen molar-refractivity contribution < 1.29 is 9.90 Å². The van der Waals surface area contributed by atoms with Crippen LogP contribution in [0.4, 0.5) is 10.5 Å². The molecule has 0 aliphatic rings. The number of hydrogen-bond acceptors (Lipinski definition) is 3. The lowest BCUT2D eigenvalue weighted by atomic mass is 10.2. The molecule has 0 radical (unpaired) electrons. The van der Waals surface area contributed by atoms with Gasteiger partial charge in [0.05, 0.1) is 6.10 Å². The molecule has 0 fully saturated rings. The normalized spacial score (nSPS) is 13.6. The van der Waals surface area contributed by atoms with Gasteiger partial charge in [-0.3, -0.25) is 0 Å². The van der Waals surface area contributed by atoms with Gasteiger partial charge in [-0.25, -0.2) is 4.79 Å². The Morgan fingerprint density at radius 1 is 1.38 bits per heavy atom. The van der Waals surface area contributed by atoms with Crippen molar-refractivity contribution in [3.05, 3.63) is 23.8 Å². The van der Waals surface area contributed by atoms with Gasteiger partial charge >= 0.3 is 6.03 Å². The summed E-state index contributed by atoms with van der Waals surface area (Å²) in [5.41, 5.74) is 1.87. The lowest BCUT2D eigenvalue weighted by Crippen LogP contribution is -2.31. The van der Waals surface area contributed by atoms with Crippen LogP contribution in [0.3, 0.4) is 0 Å². The molecular weight excluding hydrogens is 284 g/mol. The highest BCUT2D eigenvalue weighted by Gasteiger charge is 2.07. The highest BCUT2D eigenvalue weighted by atomic mass is 32.2. The number of rotatable bonds is 7. The van der Waals surface area contributed by atoms with Crippen molar-refractivity contribution in [2.45, 2.75) is 56.8 Å².